The van der Waals surface area contributed by atoms with E-state index < -0.39 is 0 Å². The zero-order valence-electron chi connectivity index (χ0n) is 8.49. The van der Waals surface area contributed by atoms with Crippen molar-refractivity contribution in [3.05, 3.63) is 21.2 Å². The fraction of sp³-hybridized carbons (Fsp3) is 0.444. The van der Waals surface area contributed by atoms with E-state index in [4.69, 9.17) is 0 Å². The van der Waals surface area contributed by atoms with E-state index in [9.17, 15) is 9.59 Å². The number of aromatic nitrogens is 2. The van der Waals surface area contributed by atoms with Crippen LogP contribution in [0.2, 0.25) is 0 Å². The number of nitrogens with zero attached hydrogens (tertiary/aromatic N) is 2. The smallest absolute Gasteiger partial charge is 0.267 e. The van der Waals surface area contributed by atoms with Crippen molar-refractivity contribution in [3.63, 3.8) is 0 Å². The molecule has 86 valence electrons. The average Bonchev–Trinajstić information content (AvgIpc) is 2.47. The number of rotatable bonds is 1. The van der Waals surface area contributed by atoms with Gasteiger partial charge in [0.15, 0.2) is 5.82 Å². The Morgan fingerprint density at radius 3 is 3.06 bits per heavy atom. The van der Waals surface area contributed by atoms with E-state index >= 15 is 0 Å². The van der Waals surface area contributed by atoms with Gasteiger partial charge in [-0.15, -0.1) is 0 Å². The Bertz CT molecular complexity index is 459. The lowest BCUT2D eigenvalue weighted by Crippen LogP contribution is -2.34. The van der Waals surface area contributed by atoms with Gasteiger partial charge in [0.1, 0.15) is 4.47 Å². The standard InChI is InChI=1S/C9H11BrN4O2/c10-7-8(12-5-13-9(7)16)14-3-1-2-11-6(15)4-14/h5H,1-4H2,(H,11,15)(H,12,13,16). The fourth-order valence-electron chi connectivity index (χ4n) is 1.58. The molecule has 1 fully saturated rings. The van der Waals surface area contributed by atoms with Crippen LogP contribution in [0.5, 0.6) is 0 Å². The highest BCUT2D eigenvalue weighted by molar-refractivity contribution is 9.10. The number of hydrogen-bond acceptors (Lipinski definition) is 4. The second-order valence-corrected chi connectivity index (χ2v) is 4.29. The van der Waals surface area contributed by atoms with Gasteiger partial charge >= 0.3 is 0 Å². The van der Waals surface area contributed by atoms with Crippen LogP contribution < -0.4 is 15.8 Å². The van der Waals surface area contributed by atoms with Crippen LogP contribution >= 0.6 is 15.9 Å². The first-order chi connectivity index (χ1) is 7.68. The van der Waals surface area contributed by atoms with Crippen molar-refractivity contribution in [2.24, 2.45) is 0 Å². The van der Waals surface area contributed by atoms with E-state index in [1.165, 1.54) is 6.33 Å². The Kier molecular flexibility index (Phi) is 3.23. The number of aromatic amines is 1. The first-order valence-corrected chi connectivity index (χ1v) is 5.72. The van der Waals surface area contributed by atoms with Gasteiger partial charge in [0.2, 0.25) is 5.91 Å². The minimum absolute atomic E-state index is 0.0496. The third-order valence-corrected chi connectivity index (χ3v) is 3.05. The molecule has 0 bridgehead atoms. The quantitative estimate of drug-likeness (QED) is 0.753. The maximum Gasteiger partial charge on any atom is 0.267 e. The van der Waals surface area contributed by atoms with Crippen LogP contribution in [-0.2, 0) is 4.79 Å². The summed E-state index contributed by atoms with van der Waals surface area (Å²) in [5.74, 6) is 0.465. The largest absolute Gasteiger partial charge is 0.354 e. The van der Waals surface area contributed by atoms with E-state index in [2.05, 4.69) is 31.2 Å². The summed E-state index contributed by atoms with van der Waals surface area (Å²) in [6.45, 7) is 1.60. The summed E-state index contributed by atoms with van der Waals surface area (Å²) in [5, 5.41) is 2.77. The van der Waals surface area contributed by atoms with E-state index in [0.29, 0.717) is 23.4 Å². The molecule has 1 aliphatic heterocycles. The second kappa shape index (κ2) is 4.65. The van der Waals surface area contributed by atoms with Crippen LogP contribution in [0.1, 0.15) is 6.42 Å². The molecule has 0 atom stereocenters. The first-order valence-electron chi connectivity index (χ1n) is 4.93. The lowest BCUT2D eigenvalue weighted by molar-refractivity contribution is -0.119. The van der Waals surface area contributed by atoms with Gasteiger partial charge in [0, 0.05) is 13.1 Å². The summed E-state index contributed by atoms with van der Waals surface area (Å²) < 4.78 is 0.365. The minimum Gasteiger partial charge on any atom is -0.354 e. The number of carbonyl (C=O) groups is 1. The predicted molar refractivity (Wildman–Crippen MR) is 62.4 cm³/mol. The van der Waals surface area contributed by atoms with Crippen LogP contribution in [-0.4, -0.2) is 35.5 Å². The van der Waals surface area contributed by atoms with Crippen molar-refractivity contribution in [2.75, 3.05) is 24.5 Å². The first kappa shape index (κ1) is 11.1. The molecule has 16 heavy (non-hydrogen) atoms. The number of nitrogens with one attached hydrogen (secondary N) is 2. The highest BCUT2D eigenvalue weighted by Gasteiger charge is 2.19. The van der Waals surface area contributed by atoms with Crippen LogP contribution in [0.25, 0.3) is 0 Å². The van der Waals surface area contributed by atoms with E-state index in [1.807, 2.05) is 0 Å². The normalized spacial score (nSPS) is 16.8. The van der Waals surface area contributed by atoms with Crippen molar-refractivity contribution in [3.8, 4) is 0 Å². The molecule has 0 spiro atoms. The molecule has 1 amide bonds. The molecule has 1 aliphatic rings. The topological polar surface area (TPSA) is 78.1 Å². The number of halogens is 1. The monoisotopic (exact) mass is 286 g/mol. The van der Waals surface area contributed by atoms with Crippen molar-refractivity contribution < 1.29 is 4.79 Å². The SMILES string of the molecule is O=C1CN(c2nc[nH]c(=O)c2Br)CCCN1. The Balaban J connectivity index is 2.32. The number of hydrogen-bond donors (Lipinski definition) is 2. The molecule has 0 aromatic carbocycles. The van der Waals surface area contributed by atoms with Gasteiger partial charge in [-0.1, -0.05) is 0 Å². The van der Waals surface area contributed by atoms with Gasteiger partial charge in [-0.2, -0.15) is 0 Å². The van der Waals surface area contributed by atoms with Crippen molar-refractivity contribution in [1.29, 1.82) is 0 Å². The summed E-state index contributed by atoms with van der Waals surface area (Å²) in [7, 11) is 0. The summed E-state index contributed by atoms with van der Waals surface area (Å²) in [6, 6.07) is 0. The fourth-order valence-corrected chi connectivity index (χ4v) is 2.05. The third-order valence-electron chi connectivity index (χ3n) is 2.34. The molecule has 1 aromatic heterocycles. The van der Waals surface area contributed by atoms with E-state index in [0.717, 1.165) is 6.42 Å². The average molecular weight is 287 g/mol. The molecule has 2 heterocycles. The van der Waals surface area contributed by atoms with Gasteiger partial charge in [-0.05, 0) is 22.4 Å². The summed E-state index contributed by atoms with van der Waals surface area (Å²) in [4.78, 5) is 31.1. The van der Waals surface area contributed by atoms with Gasteiger partial charge < -0.3 is 15.2 Å². The molecular formula is C9H11BrN4O2. The lowest BCUT2D eigenvalue weighted by atomic mass is 10.4. The highest BCUT2D eigenvalue weighted by Crippen LogP contribution is 2.19. The molecule has 7 heteroatoms. The summed E-state index contributed by atoms with van der Waals surface area (Å²) >= 11 is 3.18. The maximum absolute atomic E-state index is 11.4. The zero-order valence-corrected chi connectivity index (χ0v) is 10.1. The zero-order chi connectivity index (χ0) is 11.5. The van der Waals surface area contributed by atoms with Gasteiger partial charge in [0.05, 0.1) is 12.9 Å². The van der Waals surface area contributed by atoms with Crippen molar-refractivity contribution in [2.45, 2.75) is 6.42 Å². The van der Waals surface area contributed by atoms with E-state index in [1.54, 1.807) is 4.90 Å². The Labute approximate surface area is 100 Å². The Morgan fingerprint density at radius 2 is 2.25 bits per heavy atom. The van der Waals surface area contributed by atoms with Gasteiger partial charge in [-0.3, -0.25) is 9.59 Å². The van der Waals surface area contributed by atoms with Gasteiger partial charge in [-0.25, -0.2) is 4.98 Å². The lowest BCUT2D eigenvalue weighted by Gasteiger charge is -2.20. The molecule has 0 saturated carbocycles. The maximum atomic E-state index is 11.4. The molecule has 1 saturated heterocycles. The third kappa shape index (κ3) is 2.24. The molecule has 2 N–H and O–H groups in total. The Hall–Kier alpha value is -1.37. The molecule has 1 aromatic rings. The van der Waals surface area contributed by atoms with Crippen LogP contribution in [0, 0.1) is 0 Å². The minimum atomic E-state index is -0.241. The summed E-state index contributed by atoms with van der Waals surface area (Å²) in [6.07, 6.45) is 2.18. The predicted octanol–water partition coefficient (Wildman–Crippen LogP) is -0.141. The highest BCUT2D eigenvalue weighted by atomic mass is 79.9. The number of carbonyl (C=O) groups excluding carboxylic acids is 1. The molecular weight excluding hydrogens is 276 g/mol. The number of amides is 1. The number of H-pyrrole nitrogens is 1. The summed E-state index contributed by atoms with van der Waals surface area (Å²) in [5.41, 5.74) is -0.241. The Morgan fingerprint density at radius 1 is 1.44 bits per heavy atom. The van der Waals surface area contributed by atoms with Crippen LogP contribution in [0.4, 0.5) is 5.82 Å². The van der Waals surface area contributed by atoms with Crippen molar-refractivity contribution in [1.82, 2.24) is 15.3 Å². The second-order valence-electron chi connectivity index (χ2n) is 3.49. The number of anilines is 1. The van der Waals surface area contributed by atoms with Crippen LogP contribution in [0.15, 0.2) is 15.6 Å². The van der Waals surface area contributed by atoms with Gasteiger partial charge in [0.25, 0.3) is 5.56 Å². The molecule has 6 nitrogen and oxygen atoms in total. The molecule has 0 radical (unpaired) electrons. The molecule has 2 rings (SSSR count). The van der Waals surface area contributed by atoms with Crippen LogP contribution in [0.3, 0.4) is 0 Å². The molecule has 0 unspecified atom stereocenters. The van der Waals surface area contributed by atoms with Crippen molar-refractivity contribution >= 4 is 27.7 Å². The molecule has 0 aliphatic carbocycles. The van der Waals surface area contributed by atoms with E-state index in [-0.39, 0.29) is 18.0 Å².